The number of aromatic nitrogens is 1. The Labute approximate surface area is 108 Å². The van der Waals surface area contributed by atoms with E-state index in [-0.39, 0.29) is 6.04 Å². The fraction of sp³-hybridized carbons (Fsp3) is 0.429. The molecule has 4 heteroatoms. The Hall–Kier alpha value is -2.02. The molecule has 18 heavy (non-hydrogen) atoms. The lowest BCUT2D eigenvalue weighted by Crippen LogP contribution is -2.37. The van der Waals surface area contributed by atoms with Gasteiger partial charge < -0.3 is 10.1 Å². The van der Waals surface area contributed by atoms with Crippen LogP contribution in [0.2, 0.25) is 0 Å². The molecule has 1 aromatic heterocycles. The zero-order valence-corrected chi connectivity index (χ0v) is 11.2. The average molecular weight is 246 g/mol. The molecule has 1 unspecified atom stereocenters. The molecule has 1 N–H and O–H groups in total. The van der Waals surface area contributed by atoms with Gasteiger partial charge in [-0.2, -0.15) is 0 Å². The lowest BCUT2D eigenvalue weighted by molar-refractivity contribution is 0.0519. The normalized spacial score (nSPS) is 12.0. The lowest BCUT2D eigenvalue weighted by atomic mass is 10.2. The first-order chi connectivity index (χ1) is 8.37. The van der Waals surface area contributed by atoms with Crippen LogP contribution in [0.4, 0.5) is 4.79 Å². The van der Waals surface area contributed by atoms with E-state index in [2.05, 4.69) is 22.1 Å². The molecular weight excluding hydrogens is 228 g/mol. The minimum atomic E-state index is -0.499. The predicted octanol–water partition coefficient (Wildman–Crippen LogP) is 2.35. The number of carbonyl (C=O) groups is 1. The van der Waals surface area contributed by atoms with Crippen molar-refractivity contribution >= 4 is 6.09 Å². The summed E-state index contributed by atoms with van der Waals surface area (Å²) in [6, 6.07) is 3.40. The molecule has 0 radical (unpaired) electrons. The van der Waals surface area contributed by atoms with E-state index in [0.717, 1.165) is 5.56 Å². The van der Waals surface area contributed by atoms with Gasteiger partial charge >= 0.3 is 6.09 Å². The van der Waals surface area contributed by atoms with Crippen LogP contribution in [0.5, 0.6) is 0 Å². The molecule has 0 fully saturated rings. The van der Waals surface area contributed by atoms with Crippen LogP contribution in [0.15, 0.2) is 24.5 Å². The van der Waals surface area contributed by atoms with Crippen LogP contribution in [0, 0.1) is 11.8 Å². The summed E-state index contributed by atoms with van der Waals surface area (Å²) >= 11 is 0. The molecule has 1 atom stereocenters. The Morgan fingerprint density at radius 2 is 2.22 bits per heavy atom. The molecule has 96 valence electrons. The monoisotopic (exact) mass is 246 g/mol. The fourth-order valence-corrected chi connectivity index (χ4v) is 1.15. The molecule has 0 saturated carbocycles. The number of carbonyl (C=O) groups excluding carboxylic acids is 1. The summed E-state index contributed by atoms with van der Waals surface area (Å²) in [6.45, 7) is 7.25. The second kappa shape index (κ2) is 6.06. The summed E-state index contributed by atoms with van der Waals surface area (Å²) in [4.78, 5) is 15.4. The number of rotatable bonds is 1. The van der Waals surface area contributed by atoms with Crippen LogP contribution in [-0.2, 0) is 4.74 Å². The molecule has 0 aromatic carbocycles. The van der Waals surface area contributed by atoms with E-state index in [1.165, 1.54) is 0 Å². The molecule has 1 heterocycles. The highest BCUT2D eigenvalue weighted by molar-refractivity contribution is 5.68. The number of hydrogen-bond acceptors (Lipinski definition) is 3. The highest BCUT2D eigenvalue weighted by Crippen LogP contribution is 2.06. The number of nitrogens with zero attached hydrogens (tertiary/aromatic N) is 1. The third-order valence-electron chi connectivity index (χ3n) is 1.83. The third kappa shape index (κ3) is 5.90. The molecule has 0 aliphatic carbocycles. The molecule has 1 aromatic rings. The third-order valence-corrected chi connectivity index (χ3v) is 1.83. The molecular formula is C14H18N2O2. The van der Waals surface area contributed by atoms with Gasteiger partial charge in [-0.25, -0.2) is 4.79 Å². The highest BCUT2D eigenvalue weighted by Gasteiger charge is 2.16. The van der Waals surface area contributed by atoms with Crippen molar-refractivity contribution in [2.45, 2.75) is 39.3 Å². The summed E-state index contributed by atoms with van der Waals surface area (Å²) in [7, 11) is 0. The van der Waals surface area contributed by atoms with Gasteiger partial charge in [-0.1, -0.05) is 11.8 Å². The van der Waals surface area contributed by atoms with Gasteiger partial charge in [-0.05, 0) is 39.8 Å². The van der Waals surface area contributed by atoms with Crippen molar-refractivity contribution in [1.82, 2.24) is 10.3 Å². The zero-order chi connectivity index (χ0) is 13.6. The maximum absolute atomic E-state index is 11.5. The van der Waals surface area contributed by atoms with Gasteiger partial charge in [0, 0.05) is 18.0 Å². The average Bonchev–Trinajstić information content (AvgIpc) is 2.25. The van der Waals surface area contributed by atoms with Gasteiger partial charge in [-0.3, -0.25) is 4.98 Å². The quantitative estimate of drug-likeness (QED) is 0.774. The summed E-state index contributed by atoms with van der Waals surface area (Å²) in [5, 5.41) is 2.65. The van der Waals surface area contributed by atoms with Gasteiger partial charge in [0.1, 0.15) is 5.60 Å². The van der Waals surface area contributed by atoms with Crippen LogP contribution in [-0.4, -0.2) is 22.7 Å². The summed E-state index contributed by atoms with van der Waals surface area (Å²) in [5.41, 5.74) is 0.316. The Morgan fingerprint density at radius 1 is 1.50 bits per heavy atom. The Bertz CT molecular complexity index is 452. The first-order valence-corrected chi connectivity index (χ1v) is 5.78. The molecule has 1 amide bonds. The van der Waals surface area contributed by atoms with Crippen LogP contribution < -0.4 is 5.32 Å². The smallest absolute Gasteiger partial charge is 0.408 e. The summed E-state index contributed by atoms with van der Waals surface area (Å²) in [6.07, 6.45) is 2.90. The summed E-state index contributed by atoms with van der Waals surface area (Å²) in [5.74, 6) is 5.84. The zero-order valence-electron chi connectivity index (χ0n) is 11.2. The van der Waals surface area contributed by atoms with Crippen molar-refractivity contribution < 1.29 is 9.53 Å². The second-order valence-corrected chi connectivity index (χ2v) is 4.88. The Morgan fingerprint density at radius 3 is 2.78 bits per heavy atom. The number of hydrogen-bond donors (Lipinski definition) is 1. The SMILES string of the molecule is CC(C#Cc1cccnc1)NC(=O)OC(C)(C)C. The molecule has 0 aliphatic rings. The molecule has 0 saturated heterocycles. The van der Waals surface area contributed by atoms with Gasteiger partial charge in [-0.15, -0.1) is 0 Å². The first kappa shape index (κ1) is 14.0. The Kier molecular flexibility index (Phi) is 4.73. The highest BCUT2D eigenvalue weighted by atomic mass is 16.6. The van der Waals surface area contributed by atoms with E-state index in [9.17, 15) is 4.79 Å². The maximum atomic E-state index is 11.5. The molecule has 4 nitrogen and oxygen atoms in total. The number of ether oxygens (including phenoxy) is 1. The van der Waals surface area contributed by atoms with Gasteiger partial charge in [0.15, 0.2) is 0 Å². The predicted molar refractivity (Wildman–Crippen MR) is 69.9 cm³/mol. The van der Waals surface area contributed by atoms with Crippen LogP contribution in [0.25, 0.3) is 0 Å². The molecule has 0 bridgehead atoms. The largest absolute Gasteiger partial charge is 0.444 e. The lowest BCUT2D eigenvalue weighted by Gasteiger charge is -2.20. The number of nitrogens with one attached hydrogen (secondary N) is 1. The van der Waals surface area contributed by atoms with E-state index in [0.29, 0.717) is 0 Å². The van der Waals surface area contributed by atoms with E-state index in [1.54, 1.807) is 19.3 Å². The Balaban J connectivity index is 2.50. The van der Waals surface area contributed by atoms with E-state index in [1.807, 2.05) is 32.9 Å². The van der Waals surface area contributed by atoms with E-state index >= 15 is 0 Å². The number of alkyl carbamates (subject to hydrolysis) is 1. The first-order valence-electron chi connectivity index (χ1n) is 5.78. The van der Waals surface area contributed by atoms with Crippen molar-refractivity contribution in [3.05, 3.63) is 30.1 Å². The summed E-state index contributed by atoms with van der Waals surface area (Å²) < 4.78 is 5.13. The van der Waals surface area contributed by atoms with Crippen LogP contribution in [0.3, 0.4) is 0 Å². The minimum Gasteiger partial charge on any atom is -0.444 e. The van der Waals surface area contributed by atoms with Gasteiger partial charge in [0.25, 0.3) is 0 Å². The van der Waals surface area contributed by atoms with Gasteiger partial charge in [0.05, 0.1) is 6.04 Å². The van der Waals surface area contributed by atoms with Crippen molar-refractivity contribution in [3.8, 4) is 11.8 Å². The minimum absolute atomic E-state index is 0.278. The number of pyridine rings is 1. The fourth-order valence-electron chi connectivity index (χ4n) is 1.15. The molecule has 0 aliphatic heterocycles. The second-order valence-electron chi connectivity index (χ2n) is 4.88. The maximum Gasteiger partial charge on any atom is 0.408 e. The van der Waals surface area contributed by atoms with E-state index < -0.39 is 11.7 Å². The van der Waals surface area contributed by atoms with E-state index in [4.69, 9.17) is 4.74 Å². The van der Waals surface area contributed by atoms with Crippen molar-refractivity contribution in [2.75, 3.05) is 0 Å². The van der Waals surface area contributed by atoms with Crippen molar-refractivity contribution in [1.29, 1.82) is 0 Å². The molecule has 0 spiro atoms. The van der Waals surface area contributed by atoms with Crippen LogP contribution >= 0.6 is 0 Å². The molecule has 1 rings (SSSR count). The van der Waals surface area contributed by atoms with Crippen molar-refractivity contribution in [3.63, 3.8) is 0 Å². The standard InChI is InChI=1S/C14H18N2O2/c1-11(16-13(17)18-14(2,3)4)7-8-12-6-5-9-15-10-12/h5-6,9-11H,1-4H3,(H,16,17). The topological polar surface area (TPSA) is 51.2 Å². The van der Waals surface area contributed by atoms with Gasteiger partial charge in [0.2, 0.25) is 0 Å². The number of amides is 1. The van der Waals surface area contributed by atoms with Crippen LogP contribution in [0.1, 0.15) is 33.3 Å². The van der Waals surface area contributed by atoms with Crippen molar-refractivity contribution in [2.24, 2.45) is 0 Å².